The largest absolute Gasteiger partial charge is 0.469 e. The third-order valence-electron chi connectivity index (χ3n) is 1.59. The van der Waals surface area contributed by atoms with E-state index in [1.807, 2.05) is 0 Å². The van der Waals surface area contributed by atoms with Crippen molar-refractivity contribution in [1.29, 1.82) is 0 Å². The Kier molecular flexibility index (Phi) is 4.72. The van der Waals surface area contributed by atoms with E-state index in [4.69, 9.17) is 0 Å². The number of carbonyl (C=O) groups is 1. The molecule has 0 heterocycles. The summed E-state index contributed by atoms with van der Waals surface area (Å²) in [4.78, 5) is 10.3. The van der Waals surface area contributed by atoms with Crippen LogP contribution in [-0.4, -0.2) is 30.3 Å². The average molecular weight is 286 g/mol. The monoisotopic (exact) mass is 286 g/mol. The van der Waals surface area contributed by atoms with Gasteiger partial charge in [-0.2, -0.15) is 30.7 Å². The van der Waals surface area contributed by atoms with E-state index in [9.17, 15) is 39.9 Å². The Morgan fingerprint density at radius 3 is 1.94 bits per heavy atom. The van der Waals surface area contributed by atoms with Crippen LogP contribution < -0.4 is 0 Å². The van der Waals surface area contributed by atoms with E-state index in [2.05, 4.69) is 11.3 Å². The van der Waals surface area contributed by atoms with Gasteiger partial charge in [0.25, 0.3) is 0 Å². The molecule has 18 heavy (non-hydrogen) atoms. The Morgan fingerprint density at radius 2 is 1.61 bits per heavy atom. The maximum atomic E-state index is 12.7. The third kappa shape index (κ3) is 4.15. The highest BCUT2D eigenvalue weighted by atomic mass is 19.4. The van der Waals surface area contributed by atoms with Gasteiger partial charge in [-0.25, -0.2) is 9.18 Å². The van der Waals surface area contributed by atoms with E-state index in [1.54, 1.807) is 0 Å². The smallest absolute Gasteiger partial charge is 0.393 e. The molecule has 0 aromatic heterocycles. The van der Waals surface area contributed by atoms with Crippen molar-refractivity contribution in [2.75, 3.05) is 0 Å². The van der Waals surface area contributed by atoms with Crippen molar-refractivity contribution in [3.05, 3.63) is 12.7 Å². The molecule has 0 N–H and O–H groups in total. The first-order valence-corrected chi connectivity index (χ1v) is 4.15. The Morgan fingerprint density at radius 1 is 1.17 bits per heavy atom. The second-order valence-corrected chi connectivity index (χ2v) is 3.05. The molecule has 0 radical (unpaired) electrons. The number of hydrogen-bond acceptors (Lipinski definition) is 2. The Balaban J connectivity index is 4.98. The standard InChI is InChI=1S/C8H6F8O2/c1-2-5(17)18-8(15,16)7(13,14)4(9)3-6(10,11)12/h2,4H,1,3H2. The Labute approximate surface area is 95.2 Å². The van der Waals surface area contributed by atoms with Gasteiger partial charge in [0.05, 0.1) is 6.42 Å². The van der Waals surface area contributed by atoms with Gasteiger partial charge in [0, 0.05) is 6.08 Å². The van der Waals surface area contributed by atoms with E-state index >= 15 is 0 Å². The van der Waals surface area contributed by atoms with Crippen LogP contribution >= 0.6 is 0 Å². The number of hydrogen-bond donors (Lipinski definition) is 0. The number of alkyl halides is 8. The average Bonchev–Trinajstić information content (AvgIpc) is 2.13. The summed E-state index contributed by atoms with van der Waals surface area (Å²) < 4.78 is 101. The first-order chi connectivity index (χ1) is 7.83. The summed E-state index contributed by atoms with van der Waals surface area (Å²) in [6.07, 6.45) is -18.1. The minimum absolute atomic E-state index is 0.0704. The number of halogens is 8. The zero-order chi connectivity index (χ0) is 14.8. The molecule has 0 fully saturated rings. The molecule has 0 aliphatic rings. The molecule has 0 aliphatic heterocycles. The van der Waals surface area contributed by atoms with Crippen molar-refractivity contribution in [2.24, 2.45) is 0 Å². The normalized spacial score (nSPS) is 15.1. The van der Waals surface area contributed by atoms with Crippen molar-refractivity contribution in [3.63, 3.8) is 0 Å². The van der Waals surface area contributed by atoms with Crippen molar-refractivity contribution in [2.45, 2.75) is 30.8 Å². The molecule has 0 bridgehead atoms. The number of rotatable bonds is 5. The van der Waals surface area contributed by atoms with Gasteiger partial charge in [-0.15, -0.1) is 0 Å². The van der Waals surface area contributed by atoms with Gasteiger partial charge in [0.2, 0.25) is 0 Å². The van der Waals surface area contributed by atoms with E-state index in [0.717, 1.165) is 0 Å². The first-order valence-electron chi connectivity index (χ1n) is 4.15. The predicted octanol–water partition coefficient (Wildman–Crippen LogP) is 3.23. The van der Waals surface area contributed by atoms with Gasteiger partial charge in [-0.1, -0.05) is 6.58 Å². The molecule has 10 heteroatoms. The number of ether oxygens (including phenoxy) is 1. The zero-order valence-electron chi connectivity index (χ0n) is 8.41. The van der Waals surface area contributed by atoms with Gasteiger partial charge in [-0.3, -0.25) is 0 Å². The van der Waals surface area contributed by atoms with Crippen LogP contribution in [0.3, 0.4) is 0 Å². The summed E-state index contributed by atoms with van der Waals surface area (Å²) in [6, 6.07) is 0. The highest BCUT2D eigenvalue weighted by Gasteiger charge is 2.66. The van der Waals surface area contributed by atoms with Gasteiger partial charge >= 0.3 is 24.2 Å². The molecular weight excluding hydrogens is 280 g/mol. The summed E-state index contributed by atoms with van der Waals surface area (Å²) in [5.74, 6) is -7.85. The third-order valence-corrected chi connectivity index (χ3v) is 1.59. The summed E-state index contributed by atoms with van der Waals surface area (Å²) in [7, 11) is 0. The fourth-order valence-corrected chi connectivity index (χ4v) is 0.750. The van der Waals surface area contributed by atoms with Crippen molar-refractivity contribution >= 4 is 5.97 Å². The molecule has 0 spiro atoms. The number of esters is 1. The fourth-order valence-electron chi connectivity index (χ4n) is 0.750. The molecule has 2 nitrogen and oxygen atoms in total. The van der Waals surface area contributed by atoms with Crippen molar-refractivity contribution < 1.29 is 44.7 Å². The minimum Gasteiger partial charge on any atom is -0.393 e. The lowest BCUT2D eigenvalue weighted by Gasteiger charge is -2.28. The Hall–Kier alpha value is -1.35. The summed E-state index contributed by atoms with van der Waals surface area (Å²) in [6.45, 7) is 2.60. The van der Waals surface area contributed by atoms with Gasteiger partial charge in [0.15, 0.2) is 6.17 Å². The molecular formula is C8H6F8O2. The quantitative estimate of drug-likeness (QED) is 0.440. The fraction of sp³-hybridized carbons (Fsp3) is 0.625. The molecule has 0 saturated heterocycles. The molecule has 1 atom stereocenters. The predicted molar refractivity (Wildman–Crippen MR) is 41.8 cm³/mol. The zero-order valence-corrected chi connectivity index (χ0v) is 8.41. The molecule has 1 unspecified atom stereocenters. The van der Waals surface area contributed by atoms with Crippen molar-refractivity contribution in [1.82, 2.24) is 0 Å². The molecule has 0 amide bonds. The SMILES string of the molecule is C=CC(=O)OC(F)(F)C(F)(F)C(F)CC(F)(F)F. The number of carbonyl (C=O) groups excluding carboxylic acids is 1. The maximum Gasteiger partial charge on any atom is 0.469 e. The summed E-state index contributed by atoms with van der Waals surface area (Å²) in [5.41, 5.74) is 0. The van der Waals surface area contributed by atoms with Crippen LogP contribution in [0.4, 0.5) is 35.1 Å². The molecule has 0 aromatic carbocycles. The maximum absolute atomic E-state index is 12.7. The lowest BCUT2D eigenvalue weighted by molar-refractivity contribution is -0.349. The molecule has 106 valence electrons. The van der Waals surface area contributed by atoms with Crippen LogP contribution in [0, 0.1) is 0 Å². The van der Waals surface area contributed by atoms with E-state index in [0.29, 0.717) is 0 Å². The lowest BCUT2D eigenvalue weighted by Crippen LogP contribution is -2.51. The van der Waals surface area contributed by atoms with E-state index in [-0.39, 0.29) is 6.08 Å². The highest BCUT2D eigenvalue weighted by molar-refractivity contribution is 5.81. The van der Waals surface area contributed by atoms with Gasteiger partial charge < -0.3 is 4.74 Å². The summed E-state index contributed by atoms with van der Waals surface area (Å²) >= 11 is 0. The molecule has 0 aromatic rings. The molecule has 0 aliphatic carbocycles. The summed E-state index contributed by atoms with van der Waals surface area (Å²) in [5, 5.41) is 0. The second-order valence-electron chi connectivity index (χ2n) is 3.05. The van der Waals surface area contributed by atoms with Crippen LogP contribution in [0.1, 0.15) is 6.42 Å². The molecule has 0 rings (SSSR count). The minimum atomic E-state index is -5.82. The second kappa shape index (κ2) is 5.11. The van der Waals surface area contributed by atoms with Gasteiger partial charge in [-0.05, 0) is 0 Å². The van der Waals surface area contributed by atoms with Crippen molar-refractivity contribution in [3.8, 4) is 0 Å². The van der Waals surface area contributed by atoms with Crippen LogP contribution in [-0.2, 0) is 9.53 Å². The lowest BCUT2D eigenvalue weighted by atomic mass is 10.1. The van der Waals surface area contributed by atoms with Crippen LogP contribution in [0.15, 0.2) is 12.7 Å². The topological polar surface area (TPSA) is 26.3 Å². The first kappa shape index (κ1) is 16.6. The van der Waals surface area contributed by atoms with Crippen LogP contribution in [0.2, 0.25) is 0 Å². The van der Waals surface area contributed by atoms with Crippen LogP contribution in [0.25, 0.3) is 0 Å². The van der Waals surface area contributed by atoms with E-state index < -0.39 is 36.8 Å². The molecule has 0 saturated carbocycles. The van der Waals surface area contributed by atoms with E-state index in [1.165, 1.54) is 0 Å². The Bertz CT molecular complexity index is 322. The highest BCUT2D eigenvalue weighted by Crippen LogP contribution is 2.42. The van der Waals surface area contributed by atoms with Crippen LogP contribution in [0.5, 0.6) is 0 Å². The van der Waals surface area contributed by atoms with Gasteiger partial charge in [0.1, 0.15) is 0 Å².